The Morgan fingerprint density at radius 1 is 1.17 bits per heavy atom. The van der Waals surface area contributed by atoms with Crippen molar-refractivity contribution in [2.24, 2.45) is 5.10 Å². The lowest BCUT2D eigenvalue weighted by atomic mass is 9.99. The molecule has 2 atom stereocenters. The van der Waals surface area contributed by atoms with Gasteiger partial charge >= 0.3 is 0 Å². The van der Waals surface area contributed by atoms with Gasteiger partial charge in [0.1, 0.15) is 18.9 Å². The van der Waals surface area contributed by atoms with Crippen LogP contribution in [0.3, 0.4) is 0 Å². The lowest BCUT2D eigenvalue weighted by molar-refractivity contribution is -0.139. The second kappa shape index (κ2) is 7.57. The molecule has 3 aliphatic rings. The van der Waals surface area contributed by atoms with Crippen LogP contribution in [0.25, 0.3) is 0 Å². The fraction of sp³-hybridized carbons (Fsp3) is 0.348. The van der Waals surface area contributed by atoms with E-state index in [-0.39, 0.29) is 30.4 Å². The van der Waals surface area contributed by atoms with Crippen LogP contribution in [-0.2, 0) is 22.4 Å². The number of fused-ring (bicyclic) bond motifs is 2. The van der Waals surface area contributed by atoms with Crippen LogP contribution in [0.1, 0.15) is 36.1 Å². The zero-order chi connectivity index (χ0) is 20.7. The lowest BCUT2D eigenvalue weighted by Gasteiger charge is -2.30. The molecule has 0 radical (unpaired) electrons. The number of hydrogen-bond donors (Lipinski definition) is 1. The number of aryl methyl sites for hydroxylation is 1. The Kier molecular flexibility index (Phi) is 4.75. The second-order valence-corrected chi connectivity index (χ2v) is 7.99. The standard InChI is InChI=1S/C23H25N5O2/c1-2-16-7-9-17(10-8-16)19-13-21-23(30)27(24-15-28(21)25-19)14-22(29)26-12-11-18-5-3-4-6-20(18)26/h3-10,15,19,21,25H,2,11-14H2,1H3. The van der Waals surface area contributed by atoms with Crippen molar-refractivity contribution in [3.05, 3.63) is 65.2 Å². The number of carbonyl (C=O) groups is 2. The van der Waals surface area contributed by atoms with Crippen LogP contribution < -0.4 is 10.3 Å². The number of para-hydroxylation sites is 1. The number of rotatable bonds is 4. The Bertz CT molecular complexity index is 1000. The fourth-order valence-electron chi connectivity index (χ4n) is 4.47. The topological polar surface area (TPSA) is 68.2 Å². The van der Waals surface area contributed by atoms with Gasteiger partial charge in [0, 0.05) is 12.2 Å². The van der Waals surface area contributed by atoms with Crippen LogP contribution in [-0.4, -0.2) is 47.3 Å². The van der Waals surface area contributed by atoms with Gasteiger partial charge in [0.25, 0.3) is 5.91 Å². The Hall–Kier alpha value is -3.19. The van der Waals surface area contributed by atoms with Gasteiger partial charge in [-0.1, -0.05) is 49.4 Å². The predicted molar refractivity (Wildman–Crippen MR) is 115 cm³/mol. The van der Waals surface area contributed by atoms with Crippen molar-refractivity contribution < 1.29 is 9.59 Å². The third-order valence-electron chi connectivity index (χ3n) is 6.22. The molecule has 0 aromatic heterocycles. The minimum Gasteiger partial charge on any atom is -0.310 e. The zero-order valence-corrected chi connectivity index (χ0v) is 17.0. The zero-order valence-electron chi connectivity index (χ0n) is 17.0. The average Bonchev–Trinajstić information content (AvgIpc) is 3.41. The molecular weight excluding hydrogens is 378 g/mol. The molecule has 0 spiro atoms. The molecule has 1 saturated heterocycles. The molecule has 30 heavy (non-hydrogen) atoms. The largest absolute Gasteiger partial charge is 0.310 e. The molecule has 1 N–H and O–H groups in total. The summed E-state index contributed by atoms with van der Waals surface area (Å²) in [7, 11) is 0. The van der Waals surface area contributed by atoms with Gasteiger partial charge in [-0.3, -0.25) is 14.6 Å². The average molecular weight is 403 g/mol. The first-order valence-corrected chi connectivity index (χ1v) is 10.5. The number of hydrazine groups is 1. The third-order valence-corrected chi connectivity index (χ3v) is 6.22. The summed E-state index contributed by atoms with van der Waals surface area (Å²) in [5.74, 6) is -0.241. The van der Waals surface area contributed by atoms with Crippen LogP contribution in [0.4, 0.5) is 5.69 Å². The maximum Gasteiger partial charge on any atom is 0.267 e. The Labute approximate surface area is 175 Å². The van der Waals surface area contributed by atoms with E-state index >= 15 is 0 Å². The van der Waals surface area contributed by atoms with Crippen molar-refractivity contribution in [2.45, 2.75) is 38.3 Å². The van der Waals surface area contributed by atoms with Crippen LogP contribution in [0, 0.1) is 0 Å². The number of hydrazone groups is 1. The van der Waals surface area contributed by atoms with E-state index in [1.165, 1.54) is 16.1 Å². The fourth-order valence-corrected chi connectivity index (χ4v) is 4.47. The number of hydrogen-bond acceptors (Lipinski definition) is 5. The molecule has 7 heteroatoms. The number of amides is 2. The molecule has 3 aliphatic heterocycles. The summed E-state index contributed by atoms with van der Waals surface area (Å²) < 4.78 is 0. The Balaban J connectivity index is 1.26. The first kappa shape index (κ1) is 18.8. The van der Waals surface area contributed by atoms with Gasteiger partial charge in [-0.15, -0.1) is 0 Å². The van der Waals surface area contributed by atoms with Crippen LogP contribution >= 0.6 is 0 Å². The van der Waals surface area contributed by atoms with Crippen molar-refractivity contribution in [1.29, 1.82) is 0 Å². The summed E-state index contributed by atoms with van der Waals surface area (Å²) in [5.41, 5.74) is 7.91. The summed E-state index contributed by atoms with van der Waals surface area (Å²) in [4.78, 5) is 27.7. The van der Waals surface area contributed by atoms with E-state index in [0.717, 1.165) is 24.1 Å². The molecule has 154 valence electrons. The van der Waals surface area contributed by atoms with E-state index in [2.05, 4.69) is 41.7 Å². The van der Waals surface area contributed by atoms with Gasteiger partial charge in [0.15, 0.2) is 0 Å². The summed E-state index contributed by atoms with van der Waals surface area (Å²) >= 11 is 0. The maximum absolute atomic E-state index is 13.0. The molecule has 1 fully saturated rings. The number of carbonyl (C=O) groups excluding carboxylic acids is 2. The molecular formula is C23H25N5O2. The SMILES string of the molecule is CCc1ccc(C2CC3C(=O)N(CC(=O)N4CCc5ccccc54)N=CN3N2)cc1. The summed E-state index contributed by atoms with van der Waals surface area (Å²) in [5, 5.41) is 7.34. The van der Waals surface area contributed by atoms with E-state index in [0.29, 0.717) is 13.0 Å². The van der Waals surface area contributed by atoms with Gasteiger partial charge in [0.05, 0.1) is 6.04 Å². The van der Waals surface area contributed by atoms with Crippen molar-refractivity contribution in [3.8, 4) is 0 Å². The number of nitrogens with zero attached hydrogens (tertiary/aromatic N) is 4. The number of anilines is 1. The van der Waals surface area contributed by atoms with Gasteiger partial charge in [-0.25, -0.2) is 10.4 Å². The summed E-state index contributed by atoms with van der Waals surface area (Å²) in [6.45, 7) is 2.75. The minimum absolute atomic E-state index is 0.0378. The molecule has 3 heterocycles. The van der Waals surface area contributed by atoms with Crippen LogP contribution in [0.5, 0.6) is 0 Å². The highest BCUT2D eigenvalue weighted by molar-refractivity contribution is 5.99. The van der Waals surface area contributed by atoms with E-state index in [1.807, 2.05) is 24.3 Å². The first-order valence-electron chi connectivity index (χ1n) is 10.5. The second-order valence-electron chi connectivity index (χ2n) is 7.99. The van der Waals surface area contributed by atoms with Crippen molar-refractivity contribution >= 4 is 23.8 Å². The van der Waals surface area contributed by atoms with Gasteiger partial charge in [-0.05, 0) is 42.0 Å². The van der Waals surface area contributed by atoms with Crippen LogP contribution in [0.2, 0.25) is 0 Å². The van der Waals surface area contributed by atoms with Gasteiger partial charge < -0.3 is 4.90 Å². The summed E-state index contributed by atoms with van der Waals surface area (Å²) in [6.07, 6.45) is 4.12. The molecule has 0 bridgehead atoms. The third kappa shape index (κ3) is 3.25. The van der Waals surface area contributed by atoms with E-state index in [9.17, 15) is 9.59 Å². The molecule has 2 amide bonds. The highest BCUT2D eigenvalue weighted by Gasteiger charge is 2.41. The van der Waals surface area contributed by atoms with Gasteiger partial charge in [0.2, 0.25) is 5.91 Å². The molecule has 7 nitrogen and oxygen atoms in total. The predicted octanol–water partition coefficient (Wildman–Crippen LogP) is 2.24. The molecule has 5 rings (SSSR count). The van der Waals surface area contributed by atoms with Crippen molar-refractivity contribution in [2.75, 3.05) is 18.0 Å². The quantitative estimate of drug-likeness (QED) is 0.850. The highest BCUT2D eigenvalue weighted by atomic mass is 16.2. The van der Waals surface area contributed by atoms with E-state index in [1.54, 1.807) is 16.2 Å². The molecule has 2 unspecified atom stereocenters. The summed E-state index contributed by atoms with van der Waals surface area (Å²) in [6, 6.07) is 16.1. The molecule has 0 saturated carbocycles. The normalized spacial score (nSPS) is 22.4. The monoisotopic (exact) mass is 403 g/mol. The van der Waals surface area contributed by atoms with Crippen molar-refractivity contribution in [3.63, 3.8) is 0 Å². The molecule has 2 aromatic carbocycles. The Morgan fingerprint density at radius 3 is 2.77 bits per heavy atom. The van der Waals surface area contributed by atoms with E-state index in [4.69, 9.17) is 0 Å². The Morgan fingerprint density at radius 2 is 1.97 bits per heavy atom. The van der Waals surface area contributed by atoms with Crippen molar-refractivity contribution in [1.82, 2.24) is 15.4 Å². The smallest absolute Gasteiger partial charge is 0.267 e. The highest BCUT2D eigenvalue weighted by Crippen LogP contribution is 2.31. The van der Waals surface area contributed by atoms with Gasteiger partial charge in [-0.2, -0.15) is 5.10 Å². The van der Waals surface area contributed by atoms with Crippen LogP contribution in [0.15, 0.2) is 53.6 Å². The number of nitrogens with one attached hydrogen (secondary N) is 1. The lowest BCUT2D eigenvalue weighted by Crippen LogP contribution is -2.52. The minimum atomic E-state index is -0.350. The molecule has 0 aliphatic carbocycles. The molecule has 2 aromatic rings. The number of benzene rings is 2. The maximum atomic E-state index is 13.0. The van der Waals surface area contributed by atoms with E-state index < -0.39 is 0 Å². The first-order chi connectivity index (χ1) is 14.6.